The number of carbonyl (C=O) groups excluding carboxylic acids is 7. The van der Waals surface area contributed by atoms with Crippen molar-refractivity contribution in [2.45, 2.75) is 129 Å². The molecule has 0 spiro atoms. The molecule has 14 heteroatoms. The molecule has 0 radical (unpaired) electrons. The van der Waals surface area contributed by atoms with E-state index < -0.39 is 35.1 Å². The SMILES string of the molecule is CCC(C)(C)C(=O)C(=O)N1CCCCC1C(=O)C[C@H](CCc1ccc(C)c(C)c1)c1cccc(OCC(=O)NCCCCOc2ccc(C3CN(C4CCC(=O)NC4=O)C(=O)N3C)cc2)c1. The summed E-state index contributed by atoms with van der Waals surface area (Å²) in [5, 5.41) is 5.25. The number of benzene rings is 3. The summed E-state index contributed by atoms with van der Waals surface area (Å²) in [5.74, 6) is -1.05. The van der Waals surface area contributed by atoms with E-state index in [0.29, 0.717) is 76.3 Å². The number of unbranched alkanes of at least 4 members (excludes halogenated alkanes) is 1. The van der Waals surface area contributed by atoms with Crippen LogP contribution >= 0.6 is 0 Å². The standard InChI is InChI=1S/C52H67N5O9/c1-7-52(4,5)48(61)50(63)56-27-10-8-15-42(56)45(58)31-39(19-18-36-17-16-34(2)35(3)29-36)38-13-12-14-41(30-38)66-33-47(60)53-26-9-11-28-65-40-22-20-37(21-23-40)44-32-57(51(64)55(44)6)43-24-25-46(59)54-49(43)62/h12-14,16-17,20-23,29-30,39,42-44H,7-11,15,18-19,24-28,31-33H2,1-6H3,(H,53,60)(H,54,59,62)/t39-,42?,43?,44?/m0/s1. The molecule has 3 fully saturated rings. The summed E-state index contributed by atoms with van der Waals surface area (Å²) in [7, 11) is 1.71. The van der Waals surface area contributed by atoms with E-state index in [4.69, 9.17) is 9.47 Å². The van der Waals surface area contributed by atoms with Gasteiger partial charge in [0.25, 0.3) is 11.8 Å². The fourth-order valence-corrected chi connectivity index (χ4v) is 8.94. The molecule has 4 atom stereocenters. The third-order valence-electron chi connectivity index (χ3n) is 13.7. The largest absolute Gasteiger partial charge is 0.494 e. The Kier molecular flexibility index (Phi) is 16.8. The van der Waals surface area contributed by atoms with Gasteiger partial charge < -0.3 is 29.5 Å². The molecule has 6 rings (SSSR count). The molecule has 3 saturated heterocycles. The molecule has 0 saturated carbocycles. The van der Waals surface area contributed by atoms with Gasteiger partial charge in [0, 0.05) is 44.9 Å². The third kappa shape index (κ3) is 12.4. The predicted octanol–water partition coefficient (Wildman–Crippen LogP) is 6.93. The van der Waals surface area contributed by atoms with Crippen LogP contribution in [0.2, 0.25) is 0 Å². The Morgan fingerprint density at radius 1 is 0.879 bits per heavy atom. The number of likely N-dealkylation sites (tertiary alicyclic amines) is 1. The second-order valence-corrected chi connectivity index (χ2v) is 18.8. The first-order valence-corrected chi connectivity index (χ1v) is 23.6. The van der Waals surface area contributed by atoms with E-state index in [2.05, 4.69) is 42.7 Å². The number of hydrogen-bond acceptors (Lipinski definition) is 9. The normalized spacial score (nSPS) is 19.3. The van der Waals surface area contributed by atoms with E-state index >= 15 is 0 Å². The summed E-state index contributed by atoms with van der Waals surface area (Å²) in [4.78, 5) is 95.5. The van der Waals surface area contributed by atoms with Gasteiger partial charge in [-0.05, 0) is 130 Å². The molecule has 0 bridgehead atoms. The number of urea groups is 1. The van der Waals surface area contributed by atoms with E-state index in [1.54, 1.807) is 31.9 Å². The summed E-state index contributed by atoms with van der Waals surface area (Å²) < 4.78 is 11.9. The molecule has 3 aliphatic rings. The van der Waals surface area contributed by atoms with Crippen molar-refractivity contribution in [2.24, 2.45) is 5.41 Å². The van der Waals surface area contributed by atoms with Gasteiger partial charge in [-0.1, -0.05) is 63.2 Å². The highest BCUT2D eigenvalue weighted by molar-refractivity contribution is 6.38. The highest BCUT2D eigenvalue weighted by Crippen LogP contribution is 2.34. The highest BCUT2D eigenvalue weighted by Gasteiger charge is 2.44. The topological polar surface area (TPSA) is 172 Å². The predicted molar refractivity (Wildman–Crippen MR) is 250 cm³/mol. The Hall–Kier alpha value is -6.05. The molecule has 3 aliphatic heterocycles. The lowest BCUT2D eigenvalue weighted by molar-refractivity contribution is -0.153. The highest BCUT2D eigenvalue weighted by atomic mass is 16.5. The van der Waals surface area contributed by atoms with E-state index in [9.17, 15) is 33.6 Å². The van der Waals surface area contributed by atoms with E-state index in [0.717, 1.165) is 30.4 Å². The van der Waals surface area contributed by atoms with E-state index in [-0.39, 0.29) is 55.0 Å². The Labute approximate surface area is 389 Å². The van der Waals surface area contributed by atoms with Crippen LogP contribution < -0.4 is 20.1 Å². The zero-order chi connectivity index (χ0) is 47.5. The first-order valence-electron chi connectivity index (χ1n) is 23.6. The zero-order valence-electron chi connectivity index (χ0n) is 39.5. The Balaban J connectivity index is 0.972. The molecule has 0 aliphatic carbocycles. The maximum Gasteiger partial charge on any atom is 0.321 e. The number of piperidine rings is 2. The molecule has 3 aromatic carbocycles. The first kappa shape index (κ1) is 49.4. The number of likely N-dealkylation sites (N-methyl/N-ethyl adjacent to an activating group) is 1. The number of nitrogens with one attached hydrogen (secondary N) is 2. The molecule has 3 heterocycles. The number of nitrogens with zero attached hydrogens (tertiary/aromatic N) is 3. The van der Waals surface area contributed by atoms with Gasteiger partial charge in [-0.25, -0.2) is 4.79 Å². The van der Waals surface area contributed by atoms with Crippen molar-refractivity contribution in [3.63, 3.8) is 0 Å². The summed E-state index contributed by atoms with van der Waals surface area (Å²) in [6, 6.07) is 19.7. The number of carbonyl (C=O) groups is 7. The molecular formula is C52H67N5O9. The number of hydrogen-bond donors (Lipinski definition) is 2. The lowest BCUT2D eigenvalue weighted by Crippen LogP contribution is -2.53. The summed E-state index contributed by atoms with van der Waals surface area (Å²) >= 11 is 0. The quantitative estimate of drug-likeness (QED) is 0.0654. The molecule has 14 nitrogen and oxygen atoms in total. The molecule has 0 aromatic heterocycles. The smallest absolute Gasteiger partial charge is 0.321 e. The number of imide groups is 1. The summed E-state index contributed by atoms with van der Waals surface area (Å²) in [6.07, 6.45) is 6.18. The zero-order valence-corrected chi connectivity index (χ0v) is 39.5. The second-order valence-electron chi connectivity index (χ2n) is 18.8. The number of ether oxygens (including phenoxy) is 2. The maximum atomic E-state index is 14.2. The number of aryl methyl sites for hydroxylation is 3. The Bertz CT molecular complexity index is 2260. The molecule has 3 aromatic rings. The van der Waals surface area contributed by atoms with Gasteiger partial charge in [-0.2, -0.15) is 0 Å². The van der Waals surface area contributed by atoms with Gasteiger partial charge >= 0.3 is 6.03 Å². The van der Waals surface area contributed by atoms with Crippen LogP contribution in [0.1, 0.15) is 125 Å². The summed E-state index contributed by atoms with van der Waals surface area (Å²) in [6.45, 7) is 11.1. The van der Waals surface area contributed by atoms with Crippen LogP contribution in [0, 0.1) is 19.3 Å². The van der Waals surface area contributed by atoms with Crippen molar-refractivity contribution in [1.82, 2.24) is 25.3 Å². The van der Waals surface area contributed by atoms with Crippen LogP contribution in [0.4, 0.5) is 4.79 Å². The van der Waals surface area contributed by atoms with Crippen molar-refractivity contribution >= 4 is 41.2 Å². The Morgan fingerprint density at radius 2 is 1.65 bits per heavy atom. The lowest BCUT2D eigenvalue weighted by Gasteiger charge is -2.36. The van der Waals surface area contributed by atoms with Crippen molar-refractivity contribution < 1.29 is 43.0 Å². The minimum atomic E-state index is -0.798. The minimum Gasteiger partial charge on any atom is -0.494 e. The number of amides is 6. The lowest BCUT2D eigenvalue weighted by atomic mass is 9.82. The van der Waals surface area contributed by atoms with Crippen molar-refractivity contribution in [2.75, 3.05) is 39.9 Å². The first-order chi connectivity index (χ1) is 31.6. The number of Topliss-reactive ketones (excluding diaryl/α,β-unsaturated/α-hetero) is 2. The minimum absolute atomic E-state index is 0.0445. The third-order valence-corrected chi connectivity index (χ3v) is 13.7. The van der Waals surface area contributed by atoms with Crippen LogP contribution in [0.15, 0.2) is 66.7 Å². The summed E-state index contributed by atoms with van der Waals surface area (Å²) in [5.41, 5.74) is 4.63. The van der Waals surface area contributed by atoms with Gasteiger partial charge in [-0.15, -0.1) is 0 Å². The maximum absolute atomic E-state index is 14.2. The van der Waals surface area contributed by atoms with Gasteiger partial charge in [0.1, 0.15) is 17.5 Å². The Morgan fingerprint density at radius 3 is 2.38 bits per heavy atom. The molecule has 3 unspecified atom stereocenters. The van der Waals surface area contributed by atoms with Gasteiger partial charge in [0.2, 0.25) is 17.6 Å². The van der Waals surface area contributed by atoms with Gasteiger partial charge in [0.05, 0.1) is 18.7 Å². The molecule has 354 valence electrons. The average Bonchev–Trinajstić information content (AvgIpc) is 3.61. The van der Waals surface area contributed by atoms with Crippen LogP contribution in [0.3, 0.4) is 0 Å². The number of ketones is 2. The van der Waals surface area contributed by atoms with Crippen LogP contribution in [0.5, 0.6) is 11.5 Å². The molecular weight excluding hydrogens is 839 g/mol. The van der Waals surface area contributed by atoms with Crippen molar-refractivity contribution in [3.8, 4) is 11.5 Å². The molecule has 2 N–H and O–H groups in total. The van der Waals surface area contributed by atoms with Gasteiger partial charge in [0.15, 0.2) is 12.4 Å². The van der Waals surface area contributed by atoms with Crippen molar-refractivity contribution in [1.29, 1.82) is 0 Å². The fourth-order valence-electron chi connectivity index (χ4n) is 8.94. The monoisotopic (exact) mass is 905 g/mol. The van der Waals surface area contributed by atoms with E-state index in [1.807, 2.05) is 49.4 Å². The number of rotatable bonds is 21. The van der Waals surface area contributed by atoms with Crippen LogP contribution in [-0.2, 0) is 35.2 Å². The molecule has 66 heavy (non-hydrogen) atoms. The van der Waals surface area contributed by atoms with Crippen molar-refractivity contribution in [3.05, 3.63) is 94.5 Å². The second kappa shape index (κ2) is 22.4. The van der Waals surface area contributed by atoms with Gasteiger partial charge in [-0.3, -0.25) is 34.1 Å². The fraction of sp³-hybridized carbons (Fsp3) is 0.519. The van der Waals surface area contributed by atoms with E-state index in [1.165, 1.54) is 26.5 Å². The van der Waals surface area contributed by atoms with Crippen LogP contribution in [-0.4, -0.2) is 108 Å². The average molecular weight is 906 g/mol. The van der Waals surface area contributed by atoms with Crippen LogP contribution in [0.25, 0.3) is 0 Å². The molecule has 6 amide bonds.